The zero-order valence-corrected chi connectivity index (χ0v) is 13.7. The maximum absolute atomic E-state index is 11.3. The number of hydrogen-bond acceptors (Lipinski definition) is 4. The van der Waals surface area contributed by atoms with E-state index in [0.717, 1.165) is 15.3 Å². The van der Waals surface area contributed by atoms with Gasteiger partial charge in [-0.1, -0.05) is 46.3 Å². The average Bonchev–Trinajstić information content (AvgIpc) is 2.94. The van der Waals surface area contributed by atoms with Crippen molar-refractivity contribution in [1.29, 1.82) is 0 Å². The van der Waals surface area contributed by atoms with Crippen molar-refractivity contribution in [2.75, 3.05) is 4.66 Å². The van der Waals surface area contributed by atoms with Gasteiger partial charge in [0.25, 0.3) is 0 Å². The predicted octanol–water partition coefficient (Wildman–Crippen LogP) is 2.60. The van der Waals surface area contributed by atoms with Crippen molar-refractivity contribution in [3.63, 3.8) is 0 Å². The van der Waals surface area contributed by atoms with E-state index in [2.05, 4.69) is 20.7 Å². The molecule has 0 saturated heterocycles. The van der Waals surface area contributed by atoms with Gasteiger partial charge in [0.05, 0.1) is 0 Å². The smallest absolute Gasteiger partial charge is 0.221 e. The molecule has 1 unspecified atom stereocenters. The minimum Gasteiger partial charge on any atom is -0.383 e. The Morgan fingerprint density at radius 3 is 2.55 bits per heavy atom. The second kappa shape index (κ2) is 6.82. The highest BCUT2D eigenvalue weighted by Crippen LogP contribution is 2.28. The van der Waals surface area contributed by atoms with Crippen LogP contribution in [0.3, 0.4) is 0 Å². The second-order valence-electron chi connectivity index (χ2n) is 4.16. The molecule has 0 bridgehead atoms. The normalized spacial score (nSPS) is 13.3. The molecule has 7 heteroatoms. The van der Waals surface area contributed by atoms with Crippen LogP contribution in [0.2, 0.25) is 0 Å². The van der Waals surface area contributed by atoms with Crippen molar-refractivity contribution in [2.24, 2.45) is 0 Å². The Labute approximate surface area is 130 Å². The van der Waals surface area contributed by atoms with Crippen molar-refractivity contribution in [3.8, 4) is 0 Å². The van der Waals surface area contributed by atoms with Crippen LogP contribution in [0.5, 0.6) is 0 Å². The van der Waals surface area contributed by atoms with Crippen LogP contribution in [0.15, 0.2) is 42.5 Å². The van der Waals surface area contributed by atoms with Crippen molar-refractivity contribution >= 4 is 37.3 Å². The van der Waals surface area contributed by atoms with E-state index >= 15 is 0 Å². The zero-order valence-electron chi connectivity index (χ0n) is 10.5. The van der Waals surface area contributed by atoms with Crippen LogP contribution < -0.4 is 4.72 Å². The standard InChI is InChI=1S/C13H14BrNO3S2/c14-9-20(17,18)15-8-11-6-7-12(19-11)13(16)10-4-2-1-3-5-10/h1-7,13,15-16H,8-9H2. The van der Waals surface area contributed by atoms with E-state index in [1.54, 1.807) is 0 Å². The first kappa shape index (κ1) is 15.7. The van der Waals surface area contributed by atoms with E-state index < -0.39 is 16.1 Å². The van der Waals surface area contributed by atoms with Gasteiger partial charge < -0.3 is 5.11 Å². The van der Waals surface area contributed by atoms with E-state index in [1.807, 2.05) is 42.5 Å². The summed E-state index contributed by atoms with van der Waals surface area (Å²) >= 11 is 4.31. The van der Waals surface area contributed by atoms with Gasteiger partial charge in [0.15, 0.2) is 0 Å². The first-order chi connectivity index (χ1) is 9.52. The summed E-state index contributed by atoms with van der Waals surface area (Å²) in [6, 6.07) is 13.0. The van der Waals surface area contributed by atoms with Gasteiger partial charge in [0.2, 0.25) is 10.0 Å². The van der Waals surface area contributed by atoms with Crippen LogP contribution in [-0.2, 0) is 16.6 Å². The average molecular weight is 376 g/mol. The maximum Gasteiger partial charge on any atom is 0.221 e. The van der Waals surface area contributed by atoms with Gasteiger partial charge in [0, 0.05) is 16.3 Å². The highest BCUT2D eigenvalue weighted by atomic mass is 79.9. The third kappa shape index (κ3) is 4.13. The molecule has 0 aliphatic heterocycles. The van der Waals surface area contributed by atoms with Gasteiger partial charge in [-0.3, -0.25) is 0 Å². The Balaban J connectivity index is 2.06. The second-order valence-corrected chi connectivity index (χ2v) is 8.47. The number of halogens is 1. The quantitative estimate of drug-likeness (QED) is 0.762. The van der Waals surface area contributed by atoms with Crippen molar-refractivity contribution in [3.05, 3.63) is 57.8 Å². The van der Waals surface area contributed by atoms with Crippen LogP contribution in [0, 0.1) is 0 Å². The largest absolute Gasteiger partial charge is 0.383 e. The van der Waals surface area contributed by atoms with E-state index in [1.165, 1.54) is 11.3 Å². The molecule has 0 spiro atoms. The van der Waals surface area contributed by atoms with Crippen LogP contribution >= 0.6 is 27.3 Å². The Kier molecular flexibility index (Phi) is 5.34. The first-order valence-corrected chi connectivity index (χ1v) is 9.46. The van der Waals surface area contributed by atoms with Gasteiger partial charge >= 0.3 is 0 Å². The molecule has 108 valence electrons. The summed E-state index contributed by atoms with van der Waals surface area (Å²) in [5.74, 6) is 0. The lowest BCUT2D eigenvalue weighted by Gasteiger charge is -2.08. The monoisotopic (exact) mass is 375 g/mol. The number of benzene rings is 1. The number of rotatable bonds is 6. The minimum atomic E-state index is -3.27. The van der Waals surface area contributed by atoms with Crippen LogP contribution in [-0.4, -0.2) is 18.2 Å². The molecule has 1 atom stereocenters. The summed E-state index contributed by atoms with van der Waals surface area (Å²) in [5, 5.41) is 10.2. The van der Waals surface area contributed by atoms with E-state index in [9.17, 15) is 13.5 Å². The number of hydrogen-bond donors (Lipinski definition) is 2. The van der Waals surface area contributed by atoms with Crippen LogP contribution in [0.1, 0.15) is 21.4 Å². The van der Waals surface area contributed by atoms with Crippen LogP contribution in [0.25, 0.3) is 0 Å². The summed E-state index contributed by atoms with van der Waals surface area (Å²) < 4.78 is 25.0. The molecule has 2 aromatic rings. The molecular weight excluding hydrogens is 362 g/mol. The summed E-state index contributed by atoms with van der Waals surface area (Å²) in [6.45, 7) is 0.236. The van der Waals surface area contributed by atoms with Crippen LogP contribution in [0.4, 0.5) is 0 Å². The van der Waals surface area contributed by atoms with Crippen molar-refractivity contribution in [1.82, 2.24) is 4.72 Å². The molecule has 0 fully saturated rings. The molecule has 2 N–H and O–H groups in total. The van der Waals surface area contributed by atoms with Gasteiger partial charge in [-0.05, 0) is 17.7 Å². The number of aliphatic hydroxyl groups excluding tert-OH is 1. The number of nitrogens with one attached hydrogen (secondary N) is 1. The molecule has 1 aromatic carbocycles. The molecule has 1 heterocycles. The molecule has 2 rings (SSSR count). The fraction of sp³-hybridized carbons (Fsp3) is 0.231. The number of thiophene rings is 1. The fourth-order valence-corrected chi connectivity index (χ4v) is 3.65. The van der Waals surface area contributed by atoms with Crippen molar-refractivity contribution in [2.45, 2.75) is 12.6 Å². The topological polar surface area (TPSA) is 66.4 Å². The molecule has 4 nitrogen and oxygen atoms in total. The van der Waals surface area contributed by atoms with Gasteiger partial charge in [-0.2, -0.15) is 0 Å². The summed E-state index contributed by atoms with van der Waals surface area (Å²) in [4.78, 5) is 1.66. The Morgan fingerprint density at radius 2 is 1.90 bits per heavy atom. The number of alkyl halides is 1. The third-order valence-corrected chi connectivity index (χ3v) is 6.49. The molecule has 0 aliphatic rings. The van der Waals surface area contributed by atoms with Gasteiger partial charge in [-0.25, -0.2) is 13.1 Å². The SMILES string of the molecule is O=S(=O)(CBr)NCc1ccc(C(O)c2ccccc2)s1. The van der Waals surface area contributed by atoms with Crippen molar-refractivity contribution < 1.29 is 13.5 Å². The highest BCUT2D eigenvalue weighted by Gasteiger charge is 2.14. The Bertz CT molecular complexity index is 655. The van der Waals surface area contributed by atoms with E-state index in [-0.39, 0.29) is 11.2 Å². The maximum atomic E-state index is 11.3. The number of aliphatic hydroxyl groups is 1. The highest BCUT2D eigenvalue weighted by molar-refractivity contribution is 9.10. The Morgan fingerprint density at radius 1 is 1.20 bits per heavy atom. The Hall–Kier alpha value is -0.730. The summed E-state index contributed by atoms with van der Waals surface area (Å²) in [5.41, 5.74) is 0.821. The molecule has 1 aromatic heterocycles. The molecular formula is C13H14BrNO3S2. The lowest BCUT2D eigenvalue weighted by atomic mass is 10.1. The first-order valence-electron chi connectivity index (χ1n) is 5.87. The molecule has 20 heavy (non-hydrogen) atoms. The summed E-state index contributed by atoms with van der Waals surface area (Å²) in [7, 11) is -3.27. The lowest BCUT2D eigenvalue weighted by molar-refractivity contribution is 0.224. The molecule has 0 saturated carbocycles. The molecule has 0 amide bonds. The zero-order chi connectivity index (χ0) is 14.6. The van der Waals surface area contributed by atoms with Gasteiger partial charge in [-0.15, -0.1) is 11.3 Å². The third-order valence-electron chi connectivity index (χ3n) is 2.68. The molecule has 0 radical (unpaired) electrons. The van der Waals surface area contributed by atoms with E-state index in [0.29, 0.717) is 0 Å². The van der Waals surface area contributed by atoms with E-state index in [4.69, 9.17) is 0 Å². The lowest BCUT2D eigenvalue weighted by Crippen LogP contribution is -2.23. The summed E-state index contributed by atoms with van der Waals surface area (Å²) in [6.07, 6.45) is -0.678. The van der Waals surface area contributed by atoms with Gasteiger partial charge in [0.1, 0.15) is 10.8 Å². The molecule has 0 aliphatic carbocycles. The fourth-order valence-electron chi connectivity index (χ4n) is 1.66. The number of sulfonamides is 1. The minimum absolute atomic E-state index is 0.120. The predicted molar refractivity (Wildman–Crippen MR) is 84.4 cm³/mol.